The van der Waals surface area contributed by atoms with Gasteiger partial charge in [-0.2, -0.15) is 13.2 Å². The topological polar surface area (TPSA) is 65.9 Å². The average Bonchev–Trinajstić information content (AvgIpc) is 3.28. The van der Waals surface area contributed by atoms with E-state index in [-0.39, 0.29) is 31.0 Å². The number of halogens is 3. The largest absolute Gasteiger partial charge is 0.417 e. The summed E-state index contributed by atoms with van der Waals surface area (Å²) in [7, 11) is 0. The highest BCUT2D eigenvalue weighted by molar-refractivity contribution is 5.83. The van der Waals surface area contributed by atoms with Crippen molar-refractivity contribution in [3.8, 4) is 0 Å². The number of amides is 1. The Bertz CT molecular complexity index is 873. The molecule has 1 aromatic rings. The van der Waals surface area contributed by atoms with Gasteiger partial charge in [0.05, 0.1) is 17.6 Å². The van der Waals surface area contributed by atoms with Gasteiger partial charge >= 0.3 is 6.18 Å². The standard InChI is InChI=1S/C25H36F3N3O3/c1-17(2)24(7-3-21(14-24)31(9-10-32)20-5-11-34-12-6-20)23(33)30-8-4-22-18(16-30)13-19(15-29-22)25(26,27)28/h13,15,17,20-21,32H,3-12,14,16H2,1-2H3/t21-,24+/m1/s1. The van der Waals surface area contributed by atoms with Gasteiger partial charge in [-0.15, -0.1) is 0 Å². The molecule has 34 heavy (non-hydrogen) atoms. The van der Waals surface area contributed by atoms with Gasteiger partial charge in [-0.1, -0.05) is 13.8 Å². The number of fused-ring (bicyclic) bond motifs is 1. The number of hydrogen-bond donors (Lipinski definition) is 1. The van der Waals surface area contributed by atoms with Crippen molar-refractivity contribution >= 4 is 5.91 Å². The van der Waals surface area contributed by atoms with Gasteiger partial charge in [-0.05, 0) is 49.7 Å². The quantitative estimate of drug-likeness (QED) is 0.669. The predicted octanol–water partition coefficient (Wildman–Crippen LogP) is 3.65. The highest BCUT2D eigenvalue weighted by Crippen LogP contribution is 2.48. The molecule has 2 atom stereocenters. The number of hydrogen-bond acceptors (Lipinski definition) is 5. The Labute approximate surface area is 199 Å². The predicted molar refractivity (Wildman–Crippen MR) is 121 cm³/mol. The van der Waals surface area contributed by atoms with E-state index in [9.17, 15) is 23.1 Å². The Morgan fingerprint density at radius 2 is 2.03 bits per heavy atom. The zero-order chi connectivity index (χ0) is 24.5. The van der Waals surface area contributed by atoms with Crippen LogP contribution in [0.5, 0.6) is 0 Å². The first-order valence-electron chi connectivity index (χ1n) is 12.4. The second-order valence-electron chi connectivity index (χ2n) is 10.3. The second-order valence-corrected chi connectivity index (χ2v) is 10.3. The highest BCUT2D eigenvalue weighted by Gasteiger charge is 2.51. The molecule has 0 bridgehead atoms. The van der Waals surface area contributed by atoms with E-state index in [0.717, 1.165) is 37.9 Å². The van der Waals surface area contributed by atoms with Crippen LogP contribution in [0.25, 0.3) is 0 Å². The number of aromatic nitrogens is 1. The lowest BCUT2D eigenvalue weighted by atomic mass is 9.73. The summed E-state index contributed by atoms with van der Waals surface area (Å²) in [6.07, 6.45) is 1.11. The van der Waals surface area contributed by atoms with Crippen molar-refractivity contribution < 1.29 is 27.8 Å². The van der Waals surface area contributed by atoms with Crippen molar-refractivity contribution in [2.75, 3.05) is 32.9 Å². The summed E-state index contributed by atoms with van der Waals surface area (Å²) < 4.78 is 45.2. The number of aliphatic hydroxyl groups excluding tert-OH is 1. The van der Waals surface area contributed by atoms with E-state index in [1.54, 1.807) is 4.90 Å². The molecule has 3 aliphatic rings. The third kappa shape index (κ3) is 4.97. The maximum atomic E-state index is 14.0. The summed E-state index contributed by atoms with van der Waals surface area (Å²) in [6, 6.07) is 1.70. The van der Waals surface area contributed by atoms with Crippen LogP contribution in [0, 0.1) is 11.3 Å². The Kier molecular flexibility index (Phi) is 7.55. The van der Waals surface area contributed by atoms with Gasteiger partial charge in [-0.25, -0.2) is 0 Å². The van der Waals surface area contributed by atoms with Gasteiger partial charge in [0.2, 0.25) is 5.91 Å². The van der Waals surface area contributed by atoms with Crippen LogP contribution in [-0.4, -0.2) is 70.8 Å². The number of alkyl halides is 3. The van der Waals surface area contributed by atoms with Crippen molar-refractivity contribution in [1.82, 2.24) is 14.8 Å². The summed E-state index contributed by atoms with van der Waals surface area (Å²) in [5.74, 6) is 0.153. The van der Waals surface area contributed by atoms with Crippen LogP contribution < -0.4 is 0 Å². The summed E-state index contributed by atoms with van der Waals surface area (Å²) in [6.45, 7) is 6.89. The first kappa shape index (κ1) is 25.4. The molecule has 1 aliphatic carbocycles. The molecule has 6 nitrogen and oxygen atoms in total. The fraction of sp³-hybridized carbons (Fsp3) is 0.760. The lowest BCUT2D eigenvalue weighted by molar-refractivity contribution is -0.146. The summed E-state index contributed by atoms with van der Waals surface area (Å²) >= 11 is 0. The van der Waals surface area contributed by atoms with E-state index in [0.29, 0.717) is 56.4 Å². The van der Waals surface area contributed by atoms with Gasteiger partial charge in [0.1, 0.15) is 0 Å². The molecule has 4 rings (SSSR count). The van der Waals surface area contributed by atoms with E-state index in [1.807, 2.05) is 0 Å². The van der Waals surface area contributed by atoms with Crippen molar-refractivity contribution in [2.45, 2.75) is 77.2 Å². The van der Waals surface area contributed by atoms with Crippen LogP contribution in [0.15, 0.2) is 12.3 Å². The van der Waals surface area contributed by atoms with Gasteiger partial charge in [0, 0.05) is 63.2 Å². The first-order valence-corrected chi connectivity index (χ1v) is 12.4. The molecule has 190 valence electrons. The first-order chi connectivity index (χ1) is 16.2. The molecule has 0 spiro atoms. The number of ether oxygens (including phenoxy) is 1. The van der Waals surface area contributed by atoms with Crippen LogP contribution in [0.1, 0.15) is 62.8 Å². The van der Waals surface area contributed by atoms with Crippen LogP contribution in [0.3, 0.4) is 0 Å². The third-order valence-electron chi connectivity index (χ3n) is 8.20. The van der Waals surface area contributed by atoms with Crippen molar-refractivity contribution in [3.05, 3.63) is 29.1 Å². The average molecular weight is 484 g/mol. The molecular formula is C25H36F3N3O3. The molecule has 1 aromatic heterocycles. The molecule has 2 fully saturated rings. The fourth-order valence-corrected chi connectivity index (χ4v) is 6.16. The number of rotatable bonds is 6. The van der Waals surface area contributed by atoms with E-state index < -0.39 is 17.2 Å². The van der Waals surface area contributed by atoms with Crippen LogP contribution in [-0.2, 0) is 28.7 Å². The minimum absolute atomic E-state index is 0.0454. The van der Waals surface area contributed by atoms with E-state index in [4.69, 9.17) is 4.74 Å². The van der Waals surface area contributed by atoms with Crippen LogP contribution in [0.4, 0.5) is 13.2 Å². The lowest BCUT2D eigenvalue weighted by Gasteiger charge is -2.42. The molecule has 0 radical (unpaired) electrons. The Balaban J connectivity index is 1.53. The SMILES string of the molecule is CC(C)[C@]1(C(=O)N2CCc3ncc(C(F)(F)F)cc3C2)CC[C@@H](N(CCO)C2CCOCC2)C1. The lowest BCUT2D eigenvalue weighted by Crippen LogP contribution is -2.50. The van der Waals surface area contributed by atoms with E-state index >= 15 is 0 Å². The number of carbonyl (C=O) groups excluding carboxylic acids is 1. The summed E-state index contributed by atoms with van der Waals surface area (Å²) in [5, 5.41) is 9.72. The maximum absolute atomic E-state index is 14.0. The van der Waals surface area contributed by atoms with Crippen molar-refractivity contribution in [1.29, 1.82) is 0 Å². The van der Waals surface area contributed by atoms with E-state index in [1.165, 1.54) is 0 Å². The molecule has 1 saturated carbocycles. The Morgan fingerprint density at radius 3 is 2.68 bits per heavy atom. The second kappa shape index (κ2) is 10.1. The fourth-order valence-electron chi connectivity index (χ4n) is 6.16. The Morgan fingerprint density at radius 1 is 1.29 bits per heavy atom. The zero-order valence-electron chi connectivity index (χ0n) is 20.1. The molecule has 9 heteroatoms. The Hall–Kier alpha value is -1.71. The maximum Gasteiger partial charge on any atom is 0.417 e. The third-order valence-corrected chi connectivity index (χ3v) is 8.20. The normalized spacial score (nSPS) is 26.4. The minimum atomic E-state index is -4.45. The smallest absolute Gasteiger partial charge is 0.395 e. The molecule has 0 unspecified atom stereocenters. The molecule has 0 aromatic carbocycles. The molecule has 2 aliphatic heterocycles. The van der Waals surface area contributed by atoms with Crippen LogP contribution >= 0.6 is 0 Å². The molecule has 1 N–H and O–H groups in total. The summed E-state index contributed by atoms with van der Waals surface area (Å²) in [5.41, 5.74) is -0.174. The monoisotopic (exact) mass is 483 g/mol. The number of carbonyl (C=O) groups is 1. The van der Waals surface area contributed by atoms with Gasteiger partial charge < -0.3 is 14.7 Å². The van der Waals surface area contributed by atoms with Gasteiger partial charge in [-0.3, -0.25) is 14.7 Å². The highest BCUT2D eigenvalue weighted by atomic mass is 19.4. The molecule has 1 saturated heterocycles. The van der Waals surface area contributed by atoms with E-state index in [2.05, 4.69) is 23.7 Å². The molecular weight excluding hydrogens is 447 g/mol. The van der Waals surface area contributed by atoms with Gasteiger partial charge in [0.15, 0.2) is 0 Å². The molecule has 1 amide bonds. The minimum Gasteiger partial charge on any atom is -0.395 e. The number of pyridine rings is 1. The van der Waals surface area contributed by atoms with Gasteiger partial charge in [0.25, 0.3) is 0 Å². The van der Waals surface area contributed by atoms with Crippen molar-refractivity contribution in [2.24, 2.45) is 11.3 Å². The zero-order valence-corrected chi connectivity index (χ0v) is 20.1. The molecule has 3 heterocycles. The summed E-state index contributed by atoms with van der Waals surface area (Å²) in [4.78, 5) is 22.1. The number of nitrogens with zero attached hydrogens (tertiary/aromatic N) is 3. The number of aliphatic hydroxyl groups is 1. The van der Waals surface area contributed by atoms with Crippen molar-refractivity contribution in [3.63, 3.8) is 0 Å². The van der Waals surface area contributed by atoms with Crippen LogP contribution in [0.2, 0.25) is 0 Å².